The van der Waals surface area contributed by atoms with E-state index in [9.17, 15) is 13.6 Å². The Morgan fingerprint density at radius 1 is 1.50 bits per heavy atom. The van der Waals surface area contributed by atoms with E-state index < -0.39 is 23.2 Å². The lowest BCUT2D eigenvalue weighted by Crippen LogP contribution is -2.43. The molecule has 1 unspecified atom stereocenters. The quantitative estimate of drug-likeness (QED) is 0.612. The van der Waals surface area contributed by atoms with Crippen molar-refractivity contribution >= 4 is 5.78 Å². The average molecular weight is 204 g/mol. The van der Waals surface area contributed by atoms with Gasteiger partial charge in [0.25, 0.3) is 0 Å². The molecule has 1 N–H and O–H groups in total. The molecule has 1 atom stereocenters. The third-order valence-corrected chi connectivity index (χ3v) is 2.37. The molecule has 0 aromatic carbocycles. The fourth-order valence-electron chi connectivity index (χ4n) is 1.43. The van der Waals surface area contributed by atoms with Crippen molar-refractivity contribution in [3.05, 3.63) is 12.2 Å². The molecule has 0 fully saturated rings. The standard InChI is InChI=1S/C10H14F2O2/c1-9(2)5-3-4-7(13)10(11,12)8(14)6-9/h3-4,7,13H,5-6H2,1-2H3/b4-3-. The van der Waals surface area contributed by atoms with Gasteiger partial charge in [-0.1, -0.05) is 26.0 Å². The number of aliphatic hydroxyl groups excluding tert-OH is 1. The first-order chi connectivity index (χ1) is 6.26. The normalized spacial score (nSPS) is 33.2. The molecule has 0 aliphatic heterocycles. The van der Waals surface area contributed by atoms with E-state index in [2.05, 4.69) is 0 Å². The average Bonchev–Trinajstić information content (AvgIpc) is 2.01. The van der Waals surface area contributed by atoms with Gasteiger partial charge in [0.1, 0.15) is 6.10 Å². The van der Waals surface area contributed by atoms with E-state index in [0.29, 0.717) is 6.42 Å². The third kappa shape index (κ3) is 2.18. The topological polar surface area (TPSA) is 37.3 Å². The molecule has 1 aliphatic rings. The molecule has 14 heavy (non-hydrogen) atoms. The van der Waals surface area contributed by atoms with Crippen molar-refractivity contribution < 1.29 is 18.7 Å². The van der Waals surface area contributed by atoms with Gasteiger partial charge in [-0.05, 0) is 11.8 Å². The lowest BCUT2D eigenvalue weighted by Gasteiger charge is -2.28. The number of hydrogen-bond donors (Lipinski definition) is 1. The second kappa shape index (κ2) is 3.42. The Kier molecular flexibility index (Phi) is 2.76. The third-order valence-electron chi connectivity index (χ3n) is 2.37. The van der Waals surface area contributed by atoms with Gasteiger partial charge in [0.2, 0.25) is 5.78 Å². The number of allylic oxidation sites excluding steroid dienone is 1. The molecule has 0 spiro atoms. The van der Waals surface area contributed by atoms with Crippen LogP contribution in [0.1, 0.15) is 26.7 Å². The van der Waals surface area contributed by atoms with E-state index in [0.717, 1.165) is 6.08 Å². The van der Waals surface area contributed by atoms with Crippen LogP contribution in [0, 0.1) is 5.41 Å². The molecule has 0 bridgehead atoms. The zero-order valence-electron chi connectivity index (χ0n) is 8.26. The molecule has 1 rings (SSSR count). The number of halogens is 2. The molecule has 4 heteroatoms. The van der Waals surface area contributed by atoms with Crippen molar-refractivity contribution in [2.24, 2.45) is 5.41 Å². The molecule has 0 amide bonds. The summed E-state index contributed by atoms with van der Waals surface area (Å²) in [5, 5.41) is 9.02. The van der Waals surface area contributed by atoms with Crippen LogP contribution in [0.2, 0.25) is 0 Å². The zero-order valence-corrected chi connectivity index (χ0v) is 8.26. The minimum atomic E-state index is -3.64. The van der Waals surface area contributed by atoms with Crippen LogP contribution in [0.4, 0.5) is 8.78 Å². The summed E-state index contributed by atoms with van der Waals surface area (Å²) in [6, 6.07) is 0. The maximum absolute atomic E-state index is 13.1. The molecule has 0 aromatic rings. The van der Waals surface area contributed by atoms with Gasteiger partial charge >= 0.3 is 5.92 Å². The van der Waals surface area contributed by atoms with Crippen molar-refractivity contribution in [3.8, 4) is 0 Å². The monoisotopic (exact) mass is 204 g/mol. The van der Waals surface area contributed by atoms with Crippen LogP contribution in [0.15, 0.2) is 12.2 Å². The number of carbonyl (C=O) groups excluding carboxylic acids is 1. The number of Topliss-reactive ketones (excluding diaryl/α,β-unsaturated/α-hetero) is 1. The molecule has 2 nitrogen and oxygen atoms in total. The first kappa shape index (κ1) is 11.3. The Morgan fingerprint density at radius 3 is 2.64 bits per heavy atom. The van der Waals surface area contributed by atoms with Crippen LogP contribution in [-0.4, -0.2) is 22.9 Å². The van der Waals surface area contributed by atoms with E-state index in [1.807, 2.05) is 0 Å². The van der Waals surface area contributed by atoms with Gasteiger partial charge in [0.15, 0.2) is 0 Å². The largest absolute Gasteiger partial charge is 0.382 e. The van der Waals surface area contributed by atoms with Crippen molar-refractivity contribution in [2.75, 3.05) is 0 Å². The van der Waals surface area contributed by atoms with Gasteiger partial charge in [-0.2, -0.15) is 8.78 Å². The minimum Gasteiger partial charge on any atom is -0.382 e. The molecule has 80 valence electrons. The van der Waals surface area contributed by atoms with Gasteiger partial charge in [-0.15, -0.1) is 0 Å². The summed E-state index contributed by atoms with van der Waals surface area (Å²) >= 11 is 0. The molecule has 0 radical (unpaired) electrons. The van der Waals surface area contributed by atoms with Crippen molar-refractivity contribution in [2.45, 2.75) is 38.7 Å². The predicted octanol–water partition coefficient (Wildman–Crippen LogP) is 1.93. The first-order valence-electron chi connectivity index (χ1n) is 4.51. The molecule has 1 aliphatic carbocycles. The minimum absolute atomic E-state index is 0.207. The van der Waals surface area contributed by atoms with Gasteiger partial charge in [-0.3, -0.25) is 4.79 Å². The van der Waals surface area contributed by atoms with Crippen LogP contribution in [0.3, 0.4) is 0 Å². The summed E-state index contributed by atoms with van der Waals surface area (Å²) in [7, 11) is 0. The Balaban J connectivity index is 2.98. The van der Waals surface area contributed by atoms with E-state index in [4.69, 9.17) is 5.11 Å². The number of alkyl halides is 2. The van der Waals surface area contributed by atoms with Gasteiger partial charge in [0, 0.05) is 6.42 Å². The molecule has 0 aromatic heterocycles. The van der Waals surface area contributed by atoms with Crippen LogP contribution >= 0.6 is 0 Å². The smallest absolute Gasteiger partial charge is 0.333 e. The molecule has 0 saturated carbocycles. The lowest BCUT2D eigenvalue weighted by atomic mass is 9.80. The predicted molar refractivity (Wildman–Crippen MR) is 48.1 cm³/mol. The maximum atomic E-state index is 13.1. The second-order valence-corrected chi connectivity index (χ2v) is 4.46. The van der Waals surface area contributed by atoms with E-state index >= 15 is 0 Å². The highest BCUT2D eigenvalue weighted by atomic mass is 19.3. The highest BCUT2D eigenvalue weighted by Crippen LogP contribution is 2.34. The van der Waals surface area contributed by atoms with Crippen molar-refractivity contribution in [3.63, 3.8) is 0 Å². The summed E-state index contributed by atoms with van der Waals surface area (Å²) in [4.78, 5) is 11.2. The lowest BCUT2D eigenvalue weighted by molar-refractivity contribution is -0.158. The molecular formula is C10H14F2O2. The summed E-state index contributed by atoms with van der Waals surface area (Å²) in [6.45, 7) is 3.51. The van der Waals surface area contributed by atoms with Crippen molar-refractivity contribution in [1.82, 2.24) is 0 Å². The van der Waals surface area contributed by atoms with Crippen LogP contribution in [0.5, 0.6) is 0 Å². The summed E-state index contributed by atoms with van der Waals surface area (Å²) < 4.78 is 26.2. The van der Waals surface area contributed by atoms with Gasteiger partial charge in [0.05, 0.1) is 0 Å². The van der Waals surface area contributed by atoms with Crippen LogP contribution in [0.25, 0.3) is 0 Å². The molecule has 0 saturated heterocycles. The Morgan fingerprint density at radius 2 is 2.07 bits per heavy atom. The number of carbonyl (C=O) groups is 1. The Hall–Kier alpha value is -0.770. The highest BCUT2D eigenvalue weighted by molar-refractivity contribution is 5.87. The SMILES string of the molecule is CC1(C)C/C=C\C(O)C(F)(F)C(=O)C1. The van der Waals surface area contributed by atoms with Crippen LogP contribution in [-0.2, 0) is 4.79 Å². The fraction of sp³-hybridized carbons (Fsp3) is 0.700. The van der Waals surface area contributed by atoms with Crippen molar-refractivity contribution in [1.29, 1.82) is 0 Å². The fourth-order valence-corrected chi connectivity index (χ4v) is 1.43. The molecular weight excluding hydrogens is 190 g/mol. The summed E-state index contributed by atoms with van der Waals surface area (Å²) in [5.41, 5.74) is -0.461. The van der Waals surface area contributed by atoms with E-state index in [1.165, 1.54) is 6.08 Å². The maximum Gasteiger partial charge on any atom is 0.333 e. The second-order valence-electron chi connectivity index (χ2n) is 4.46. The van der Waals surface area contributed by atoms with E-state index in [1.54, 1.807) is 13.8 Å². The van der Waals surface area contributed by atoms with Gasteiger partial charge < -0.3 is 5.11 Å². The number of rotatable bonds is 0. The Labute approximate surface area is 81.6 Å². The Bertz CT molecular complexity index is 269. The number of aliphatic hydroxyl groups is 1. The summed E-state index contributed by atoms with van der Waals surface area (Å²) in [5.74, 6) is -4.83. The zero-order chi connectivity index (χ0) is 11.0. The molecule has 0 heterocycles. The van der Waals surface area contributed by atoms with E-state index in [-0.39, 0.29) is 6.42 Å². The number of ketones is 1. The highest BCUT2D eigenvalue weighted by Gasteiger charge is 2.47. The van der Waals surface area contributed by atoms with Gasteiger partial charge in [-0.25, -0.2) is 0 Å². The summed E-state index contributed by atoms with van der Waals surface area (Å²) in [6.07, 6.45) is 0.836. The number of hydrogen-bond acceptors (Lipinski definition) is 2. The van der Waals surface area contributed by atoms with Crippen LogP contribution < -0.4 is 0 Å². The first-order valence-corrected chi connectivity index (χ1v) is 4.51.